The second-order valence-electron chi connectivity index (χ2n) is 6.39. The first-order valence-corrected chi connectivity index (χ1v) is 7.91. The third-order valence-corrected chi connectivity index (χ3v) is 4.62. The van der Waals surface area contributed by atoms with Crippen LogP contribution in [0.5, 0.6) is 0 Å². The normalized spacial score (nSPS) is 24.6. The number of hydrogen-bond donors (Lipinski definition) is 0. The Kier molecular flexibility index (Phi) is 4.19. The Morgan fingerprint density at radius 1 is 1.30 bits per heavy atom. The third-order valence-electron chi connectivity index (χ3n) is 4.62. The fourth-order valence-electron chi connectivity index (χ4n) is 3.11. The first kappa shape index (κ1) is 15.7. The Labute approximate surface area is 134 Å². The highest BCUT2D eigenvalue weighted by molar-refractivity contribution is 5.87. The molecule has 0 bridgehead atoms. The van der Waals surface area contributed by atoms with Crippen LogP contribution in [0.2, 0.25) is 0 Å². The molecule has 2 atom stereocenters. The third kappa shape index (κ3) is 3.28. The number of piperidine rings is 1. The summed E-state index contributed by atoms with van der Waals surface area (Å²) < 4.78 is 6.87. The number of likely N-dealkylation sites (tertiary alicyclic amines) is 1. The van der Waals surface area contributed by atoms with Gasteiger partial charge in [0.1, 0.15) is 6.61 Å². The van der Waals surface area contributed by atoms with Crippen LogP contribution in [-0.2, 0) is 26.2 Å². The van der Waals surface area contributed by atoms with E-state index in [1.54, 1.807) is 36.1 Å². The van der Waals surface area contributed by atoms with Crippen molar-refractivity contribution in [1.29, 1.82) is 0 Å². The van der Waals surface area contributed by atoms with Crippen LogP contribution in [0.4, 0.5) is 0 Å². The van der Waals surface area contributed by atoms with Gasteiger partial charge in [-0.2, -0.15) is 5.10 Å². The van der Waals surface area contributed by atoms with Gasteiger partial charge in [-0.25, -0.2) is 0 Å². The summed E-state index contributed by atoms with van der Waals surface area (Å²) in [7, 11) is 3.48. The number of nitrogens with zero attached hydrogens (tertiary/aromatic N) is 3. The molecular weight excluding hydrogens is 298 g/mol. The van der Waals surface area contributed by atoms with E-state index in [1.165, 1.54) is 0 Å². The van der Waals surface area contributed by atoms with E-state index in [0.29, 0.717) is 12.8 Å². The number of esters is 1. The molecule has 0 spiro atoms. The van der Waals surface area contributed by atoms with Crippen molar-refractivity contribution in [2.24, 2.45) is 18.9 Å². The number of rotatable bonds is 5. The highest BCUT2D eigenvalue weighted by Gasteiger charge is 2.41. The zero-order valence-electron chi connectivity index (χ0n) is 13.4. The zero-order valence-corrected chi connectivity index (χ0v) is 13.4. The first-order chi connectivity index (χ1) is 11.0. The molecule has 2 aliphatic rings. The van der Waals surface area contributed by atoms with Crippen LogP contribution in [-0.4, -0.2) is 46.0 Å². The molecule has 3 rings (SSSR count). The fraction of sp³-hybridized carbons (Fsp3) is 0.625. The summed E-state index contributed by atoms with van der Waals surface area (Å²) in [4.78, 5) is 37.7. The highest BCUT2D eigenvalue weighted by Crippen LogP contribution is 2.36. The van der Waals surface area contributed by atoms with Gasteiger partial charge in [-0.1, -0.05) is 0 Å². The standard InChI is InChI=1S/C16H21N3O4/c1-18-8-11(7-17-18)15-12(5-6-14(21)19(15)2)16(22)23-9-13(20)10-3-4-10/h7-8,10,12,15H,3-6,9H2,1-2H3. The molecule has 0 radical (unpaired) electrons. The van der Waals surface area contributed by atoms with Crippen LogP contribution in [0.1, 0.15) is 37.3 Å². The average Bonchev–Trinajstić information content (AvgIpc) is 3.29. The fourth-order valence-corrected chi connectivity index (χ4v) is 3.11. The highest BCUT2D eigenvalue weighted by atomic mass is 16.5. The first-order valence-electron chi connectivity index (χ1n) is 7.91. The number of hydrogen-bond acceptors (Lipinski definition) is 5. The van der Waals surface area contributed by atoms with Crippen LogP contribution < -0.4 is 0 Å². The number of amides is 1. The van der Waals surface area contributed by atoms with E-state index in [-0.39, 0.29) is 24.2 Å². The van der Waals surface area contributed by atoms with Crippen LogP contribution in [0.3, 0.4) is 0 Å². The Hall–Kier alpha value is -2.18. The summed E-state index contributed by atoms with van der Waals surface area (Å²) >= 11 is 0. The van der Waals surface area contributed by atoms with Crippen molar-refractivity contribution in [2.45, 2.75) is 31.7 Å². The van der Waals surface area contributed by atoms with Gasteiger partial charge < -0.3 is 9.64 Å². The van der Waals surface area contributed by atoms with Gasteiger partial charge in [-0.15, -0.1) is 0 Å². The molecule has 1 amide bonds. The molecule has 1 saturated carbocycles. The van der Waals surface area contributed by atoms with Crippen LogP contribution in [0.25, 0.3) is 0 Å². The van der Waals surface area contributed by atoms with Gasteiger partial charge in [0.05, 0.1) is 18.2 Å². The molecule has 1 aliphatic carbocycles. The lowest BCUT2D eigenvalue weighted by Crippen LogP contribution is -2.43. The van der Waals surface area contributed by atoms with Gasteiger partial charge in [0, 0.05) is 38.2 Å². The van der Waals surface area contributed by atoms with Gasteiger partial charge in [0.15, 0.2) is 5.78 Å². The summed E-state index contributed by atoms with van der Waals surface area (Å²) in [6.45, 7) is -0.155. The predicted octanol–water partition coefficient (Wildman–Crippen LogP) is 0.852. The second kappa shape index (κ2) is 6.14. The maximum absolute atomic E-state index is 12.4. The molecule has 2 fully saturated rings. The zero-order chi connectivity index (χ0) is 16.6. The van der Waals surface area contributed by atoms with Gasteiger partial charge in [0.2, 0.25) is 5.91 Å². The van der Waals surface area contributed by atoms with Gasteiger partial charge in [0.25, 0.3) is 0 Å². The lowest BCUT2D eigenvalue weighted by atomic mass is 9.86. The number of ether oxygens (including phenoxy) is 1. The molecule has 2 unspecified atom stereocenters. The summed E-state index contributed by atoms with van der Waals surface area (Å²) in [5.41, 5.74) is 0.804. The molecule has 0 N–H and O–H groups in total. The maximum Gasteiger partial charge on any atom is 0.311 e. The van der Waals surface area contributed by atoms with E-state index in [2.05, 4.69) is 5.10 Å². The van der Waals surface area contributed by atoms with Crippen molar-refractivity contribution < 1.29 is 19.1 Å². The van der Waals surface area contributed by atoms with Gasteiger partial charge in [-0.3, -0.25) is 19.1 Å². The van der Waals surface area contributed by atoms with Crippen molar-refractivity contribution in [1.82, 2.24) is 14.7 Å². The van der Waals surface area contributed by atoms with Crippen LogP contribution >= 0.6 is 0 Å². The summed E-state index contributed by atoms with van der Waals surface area (Å²) in [6.07, 6.45) is 6.00. The monoisotopic (exact) mass is 319 g/mol. The Morgan fingerprint density at radius 2 is 2.04 bits per heavy atom. The maximum atomic E-state index is 12.4. The van der Waals surface area contributed by atoms with Gasteiger partial charge in [-0.05, 0) is 19.3 Å². The Balaban J connectivity index is 1.73. The molecule has 1 aromatic heterocycles. The van der Waals surface area contributed by atoms with Crippen LogP contribution in [0, 0.1) is 11.8 Å². The Bertz CT molecular complexity index is 635. The summed E-state index contributed by atoms with van der Waals surface area (Å²) in [5, 5.41) is 4.12. The number of aryl methyl sites for hydroxylation is 1. The van der Waals surface area contributed by atoms with Crippen molar-refractivity contribution in [3.8, 4) is 0 Å². The molecule has 2 heterocycles. The summed E-state index contributed by atoms with van der Waals surface area (Å²) in [6, 6.07) is -0.395. The second-order valence-corrected chi connectivity index (χ2v) is 6.39. The minimum atomic E-state index is -0.464. The van der Waals surface area contributed by atoms with E-state index < -0.39 is 17.9 Å². The molecular formula is C16H21N3O4. The molecule has 0 aromatic carbocycles. The Morgan fingerprint density at radius 3 is 2.65 bits per heavy atom. The van der Waals surface area contributed by atoms with Crippen molar-refractivity contribution in [3.05, 3.63) is 18.0 Å². The van der Waals surface area contributed by atoms with E-state index in [1.807, 2.05) is 0 Å². The largest absolute Gasteiger partial charge is 0.457 e. The molecule has 1 aliphatic heterocycles. The summed E-state index contributed by atoms with van der Waals surface area (Å²) in [5.74, 6) is -0.804. The van der Waals surface area contributed by atoms with Crippen molar-refractivity contribution in [2.75, 3.05) is 13.7 Å². The van der Waals surface area contributed by atoms with E-state index in [4.69, 9.17) is 4.74 Å². The van der Waals surface area contributed by atoms with E-state index in [9.17, 15) is 14.4 Å². The number of aromatic nitrogens is 2. The number of Topliss-reactive ketones (excluding diaryl/α,β-unsaturated/α-hetero) is 1. The molecule has 7 nitrogen and oxygen atoms in total. The predicted molar refractivity (Wildman–Crippen MR) is 80.1 cm³/mol. The molecule has 124 valence electrons. The van der Waals surface area contributed by atoms with Crippen molar-refractivity contribution >= 4 is 17.7 Å². The van der Waals surface area contributed by atoms with E-state index >= 15 is 0 Å². The van der Waals surface area contributed by atoms with Crippen LogP contribution in [0.15, 0.2) is 12.4 Å². The number of ketones is 1. The quantitative estimate of drug-likeness (QED) is 0.752. The topological polar surface area (TPSA) is 81.5 Å². The van der Waals surface area contributed by atoms with Gasteiger partial charge >= 0.3 is 5.97 Å². The molecule has 1 saturated heterocycles. The minimum Gasteiger partial charge on any atom is -0.457 e. The number of carbonyl (C=O) groups is 3. The lowest BCUT2D eigenvalue weighted by Gasteiger charge is -2.37. The number of carbonyl (C=O) groups excluding carboxylic acids is 3. The lowest BCUT2D eigenvalue weighted by molar-refractivity contribution is -0.158. The molecule has 7 heteroatoms. The smallest absolute Gasteiger partial charge is 0.311 e. The average molecular weight is 319 g/mol. The van der Waals surface area contributed by atoms with Crippen molar-refractivity contribution in [3.63, 3.8) is 0 Å². The SMILES string of the molecule is CN1C(=O)CCC(C(=O)OCC(=O)C2CC2)C1c1cnn(C)c1. The molecule has 1 aromatic rings. The minimum absolute atomic E-state index is 0.00281. The molecule has 23 heavy (non-hydrogen) atoms. The van der Waals surface area contributed by atoms with E-state index in [0.717, 1.165) is 18.4 Å².